The number of benzene rings is 1. The molecule has 16 heavy (non-hydrogen) atoms. The average Bonchev–Trinajstić information content (AvgIpc) is 2.27. The van der Waals surface area contributed by atoms with Gasteiger partial charge in [0.15, 0.2) is 0 Å². The van der Waals surface area contributed by atoms with Gasteiger partial charge in [-0.15, -0.1) is 0 Å². The van der Waals surface area contributed by atoms with Crippen molar-refractivity contribution in [3.63, 3.8) is 0 Å². The van der Waals surface area contributed by atoms with Gasteiger partial charge in [0.1, 0.15) is 0 Å². The molecular formula is C15H25N. The minimum Gasteiger partial charge on any atom is -0.320 e. The summed E-state index contributed by atoms with van der Waals surface area (Å²) in [5.74, 6) is 0. The highest BCUT2D eigenvalue weighted by Crippen LogP contribution is 2.25. The van der Waals surface area contributed by atoms with Crippen LogP contribution in [0.15, 0.2) is 24.3 Å². The van der Waals surface area contributed by atoms with E-state index in [-0.39, 0.29) is 0 Å². The van der Waals surface area contributed by atoms with E-state index >= 15 is 0 Å². The van der Waals surface area contributed by atoms with E-state index in [9.17, 15) is 0 Å². The van der Waals surface area contributed by atoms with E-state index in [1.165, 1.54) is 24.0 Å². The first-order valence-corrected chi connectivity index (χ1v) is 6.30. The zero-order valence-corrected chi connectivity index (χ0v) is 11.1. The van der Waals surface area contributed by atoms with Crippen LogP contribution in [0.5, 0.6) is 0 Å². The summed E-state index contributed by atoms with van der Waals surface area (Å²) in [6, 6.07) is 9.06. The van der Waals surface area contributed by atoms with Gasteiger partial charge in [-0.1, -0.05) is 45.0 Å². The number of hydrogen-bond donors (Lipinski definition) is 1. The highest BCUT2D eigenvalue weighted by molar-refractivity contribution is 5.23. The third-order valence-corrected chi connectivity index (χ3v) is 3.17. The maximum Gasteiger partial charge on any atom is -0.00467 e. The number of hydrogen-bond acceptors (Lipinski definition) is 1. The van der Waals surface area contributed by atoms with Gasteiger partial charge in [-0.25, -0.2) is 0 Å². The fourth-order valence-corrected chi connectivity index (χ4v) is 2.00. The highest BCUT2D eigenvalue weighted by Gasteiger charge is 2.17. The zero-order chi connectivity index (χ0) is 12.0. The summed E-state index contributed by atoms with van der Waals surface area (Å²) in [5.41, 5.74) is 3.27. The van der Waals surface area contributed by atoms with Crippen LogP contribution in [-0.2, 0) is 12.8 Å². The van der Waals surface area contributed by atoms with Crippen LogP contribution in [0.4, 0.5) is 0 Å². The zero-order valence-electron chi connectivity index (χ0n) is 11.1. The van der Waals surface area contributed by atoms with Crippen molar-refractivity contribution in [1.29, 1.82) is 0 Å². The molecule has 1 aromatic carbocycles. The van der Waals surface area contributed by atoms with E-state index in [0.29, 0.717) is 5.41 Å². The molecule has 0 aromatic heterocycles. The Balaban J connectivity index is 2.57. The van der Waals surface area contributed by atoms with Crippen LogP contribution in [0.3, 0.4) is 0 Å². The predicted molar refractivity (Wildman–Crippen MR) is 71.8 cm³/mol. The fourth-order valence-electron chi connectivity index (χ4n) is 2.00. The van der Waals surface area contributed by atoms with Gasteiger partial charge in [0.05, 0.1) is 0 Å². The Morgan fingerprint density at radius 1 is 1.06 bits per heavy atom. The molecule has 1 rings (SSSR count). The molecule has 0 bridgehead atoms. The molecule has 0 aliphatic heterocycles. The molecule has 90 valence electrons. The van der Waals surface area contributed by atoms with Crippen molar-refractivity contribution in [2.75, 3.05) is 13.6 Å². The fraction of sp³-hybridized carbons (Fsp3) is 0.600. The van der Waals surface area contributed by atoms with E-state index in [1.807, 2.05) is 7.05 Å². The van der Waals surface area contributed by atoms with Crippen molar-refractivity contribution in [3.05, 3.63) is 35.4 Å². The largest absolute Gasteiger partial charge is 0.320 e. The summed E-state index contributed by atoms with van der Waals surface area (Å²) >= 11 is 0. The Morgan fingerprint density at radius 2 is 1.62 bits per heavy atom. The molecule has 1 nitrogen and oxygen atoms in total. The van der Waals surface area contributed by atoms with Crippen LogP contribution in [-0.4, -0.2) is 13.6 Å². The number of nitrogens with one attached hydrogen (secondary N) is 1. The Bertz CT molecular complexity index is 298. The van der Waals surface area contributed by atoms with Crippen LogP contribution >= 0.6 is 0 Å². The van der Waals surface area contributed by atoms with Gasteiger partial charge in [-0.3, -0.25) is 0 Å². The lowest BCUT2D eigenvalue weighted by Crippen LogP contribution is -2.21. The maximum absolute atomic E-state index is 3.23. The molecule has 0 saturated carbocycles. The summed E-state index contributed by atoms with van der Waals surface area (Å²) in [5, 5.41) is 3.23. The molecule has 1 N–H and O–H groups in total. The van der Waals surface area contributed by atoms with Crippen LogP contribution in [0.25, 0.3) is 0 Å². The number of rotatable bonds is 6. The molecule has 0 heterocycles. The van der Waals surface area contributed by atoms with E-state index < -0.39 is 0 Å². The van der Waals surface area contributed by atoms with Gasteiger partial charge < -0.3 is 5.32 Å². The third-order valence-electron chi connectivity index (χ3n) is 3.17. The topological polar surface area (TPSA) is 12.0 Å². The Morgan fingerprint density at radius 3 is 2.12 bits per heavy atom. The molecule has 0 saturated heterocycles. The van der Waals surface area contributed by atoms with Crippen LogP contribution in [0, 0.1) is 5.41 Å². The summed E-state index contributed by atoms with van der Waals surface area (Å²) < 4.78 is 0. The lowest BCUT2D eigenvalue weighted by Gasteiger charge is -2.24. The minimum atomic E-state index is 0.386. The summed E-state index contributed by atoms with van der Waals surface area (Å²) in [7, 11) is 2.02. The molecule has 0 unspecified atom stereocenters. The second-order valence-electron chi connectivity index (χ2n) is 5.36. The molecule has 1 heteroatoms. The van der Waals surface area contributed by atoms with Crippen LogP contribution in [0.1, 0.15) is 38.3 Å². The van der Waals surface area contributed by atoms with Crippen molar-refractivity contribution < 1.29 is 0 Å². The van der Waals surface area contributed by atoms with Gasteiger partial charge in [-0.2, -0.15) is 0 Å². The van der Waals surface area contributed by atoms with E-state index in [0.717, 1.165) is 13.0 Å². The lowest BCUT2D eigenvalue weighted by atomic mass is 9.82. The Kier molecular flexibility index (Phi) is 5.01. The first-order valence-electron chi connectivity index (χ1n) is 6.30. The smallest absolute Gasteiger partial charge is 0.00467 e. The molecule has 0 fully saturated rings. The monoisotopic (exact) mass is 219 g/mol. The second kappa shape index (κ2) is 6.05. The molecule has 0 radical (unpaired) electrons. The van der Waals surface area contributed by atoms with Gasteiger partial charge in [0, 0.05) is 0 Å². The highest BCUT2D eigenvalue weighted by atomic mass is 14.8. The van der Waals surface area contributed by atoms with Crippen molar-refractivity contribution in [2.45, 2.75) is 40.0 Å². The first-order chi connectivity index (χ1) is 7.57. The van der Waals surface area contributed by atoms with Gasteiger partial charge in [0.2, 0.25) is 0 Å². The third kappa shape index (κ3) is 4.36. The summed E-state index contributed by atoms with van der Waals surface area (Å²) in [6.45, 7) is 7.99. The molecule has 0 amide bonds. The summed E-state index contributed by atoms with van der Waals surface area (Å²) in [6.07, 6.45) is 3.52. The standard InChI is InChI=1S/C15H25N/c1-5-13-6-8-14(9-7-13)12-15(2,3)10-11-16-4/h6-9,16H,5,10-12H2,1-4H3. The van der Waals surface area contributed by atoms with Crippen molar-refractivity contribution in [3.8, 4) is 0 Å². The SMILES string of the molecule is CCc1ccc(CC(C)(C)CCNC)cc1. The molecule has 0 atom stereocenters. The average molecular weight is 219 g/mol. The normalized spacial score (nSPS) is 11.8. The van der Waals surface area contributed by atoms with E-state index in [4.69, 9.17) is 0 Å². The Labute approximate surface area is 100 Å². The molecule has 1 aromatic rings. The number of aryl methyl sites for hydroxylation is 1. The first kappa shape index (κ1) is 13.2. The predicted octanol–water partition coefficient (Wildman–Crippen LogP) is 3.43. The van der Waals surface area contributed by atoms with Gasteiger partial charge >= 0.3 is 0 Å². The molecule has 0 spiro atoms. The van der Waals surface area contributed by atoms with Crippen LogP contribution in [0.2, 0.25) is 0 Å². The van der Waals surface area contributed by atoms with Gasteiger partial charge in [0.25, 0.3) is 0 Å². The lowest BCUT2D eigenvalue weighted by molar-refractivity contribution is 0.329. The van der Waals surface area contributed by atoms with Crippen LogP contribution < -0.4 is 5.32 Å². The van der Waals surface area contributed by atoms with Crippen molar-refractivity contribution >= 4 is 0 Å². The quantitative estimate of drug-likeness (QED) is 0.773. The second-order valence-corrected chi connectivity index (χ2v) is 5.36. The minimum absolute atomic E-state index is 0.386. The molecule has 0 aliphatic rings. The van der Waals surface area contributed by atoms with Gasteiger partial charge in [-0.05, 0) is 49.4 Å². The van der Waals surface area contributed by atoms with Crippen molar-refractivity contribution in [1.82, 2.24) is 5.32 Å². The maximum atomic E-state index is 3.23. The molecular weight excluding hydrogens is 194 g/mol. The summed E-state index contributed by atoms with van der Waals surface area (Å²) in [4.78, 5) is 0. The Hall–Kier alpha value is -0.820. The van der Waals surface area contributed by atoms with Crippen molar-refractivity contribution in [2.24, 2.45) is 5.41 Å². The van der Waals surface area contributed by atoms with E-state index in [1.54, 1.807) is 0 Å². The van der Waals surface area contributed by atoms with E-state index in [2.05, 4.69) is 50.4 Å². The molecule has 0 aliphatic carbocycles.